The average molecular weight is 265 g/mol. The Hall–Kier alpha value is -2.50. The largest absolute Gasteiger partial charge is 0.477 e. The van der Waals surface area contributed by atoms with E-state index in [4.69, 9.17) is 5.11 Å². The molecule has 1 heterocycles. The van der Waals surface area contributed by atoms with Crippen molar-refractivity contribution in [1.29, 1.82) is 0 Å². The minimum absolute atomic E-state index is 0.103. The van der Waals surface area contributed by atoms with E-state index in [-0.39, 0.29) is 12.1 Å². The normalized spacial score (nSPS) is 10.4. The predicted octanol–water partition coefficient (Wildman–Crippen LogP) is 1.87. The molecule has 0 aliphatic rings. The summed E-state index contributed by atoms with van der Waals surface area (Å²) in [5.41, 5.74) is -1.03. The van der Waals surface area contributed by atoms with Gasteiger partial charge in [-0.15, -0.1) is 0 Å². The summed E-state index contributed by atoms with van der Waals surface area (Å²) in [7, 11) is 0. The molecule has 0 saturated carbocycles. The van der Waals surface area contributed by atoms with E-state index in [9.17, 15) is 18.4 Å². The fourth-order valence-electron chi connectivity index (χ4n) is 1.66. The monoisotopic (exact) mass is 265 g/mol. The Morgan fingerprint density at radius 3 is 2.63 bits per heavy atom. The van der Waals surface area contributed by atoms with Crippen LogP contribution in [-0.4, -0.2) is 15.6 Å². The second kappa shape index (κ2) is 5.01. The van der Waals surface area contributed by atoms with Gasteiger partial charge in [-0.2, -0.15) is 0 Å². The van der Waals surface area contributed by atoms with Gasteiger partial charge in [-0.25, -0.2) is 13.6 Å². The van der Waals surface area contributed by atoms with Crippen LogP contribution in [0, 0.1) is 11.6 Å². The molecule has 0 atom stereocenters. The average Bonchev–Trinajstić information content (AvgIpc) is 2.34. The van der Waals surface area contributed by atoms with Gasteiger partial charge in [-0.1, -0.05) is 6.07 Å². The van der Waals surface area contributed by atoms with Gasteiger partial charge < -0.3 is 9.67 Å². The summed E-state index contributed by atoms with van der Waals surface area (Å²) in [4.78, 5) is 22.6. The molecule has 1 aromatic carbocycles. The SMILES string of the molecule is O=C(O)c1cccn(Cc2ccc(F)cc2F)c1=O. The van der Waals surface area contributed by atoms with Crippen molar-refractivity contribution in [3.63, 3.8) is 0 Å². The van der Waals surface area contributed by atoms with E-state index in [1.807, 2.05) is 0 Å². The molecule has 4 nitrogen and oxygen atoms in total. The first kappa shape index (κ1) is 12.9. The summed E-state index contributed by atoms with van der Waals surface area (Å²) < 4.78 is 27.3. The first-order valence-electron chi connectivity index (χ1n) is 5.35. The fraction of sp³-hybridized carbons (Fsp3) is 0.0769. The molecule has 0 fully saturated rings. The van der Waals surface area contributed by atoms with E-state index in [0.717, 1.165) is 10.6 Å². The van der Waals surface area contributed by atoms with Gasteiger partial charge in [0.1, 0.15) is 17.2 Å². The highest BCUT2D eigenvalue weighted by molar-refractivity contribution is 5.86. The zero-order valence-electron chi connectivity index (χ0n) is 9.64. The molecule has 0 aliphatic carbocycles. The van der Waals surface area contributed by atoms with Crippen molar-refractivity contribution in [3.05, 3.63) is 69.6 Å². The van der Waals surface area contributed by atoms with Crippen molar-refractivity contribution in [2.75, 3.05) is 0 Å². The highest BCUT2D eigenvalue weighted by atomic mass is 19.1. The minimum atomic E-state index is -1.35. The van der Waals surface area contributed by atoms with Gasteiger partial charge >= 0.3 is 5.97 Å². The molecule has 1 aromatic heterocycles. The number of hydrogen-bond donors (Lipinski definition) is 1. The van der Waals surface area contributed by atoms with Gasteiger partial charge in [0.05, 0.1) is 6.54 Å². The summed E-state index contributed by atoms with van der Waals surface area (Å²) in [5, 5.41) is 8.81. The topological polar surface area (TPSA) is 59.3 Å². The maximum absolute atomic E-state index is 13.5. The third-order valence-electron chi connectivity index (χ3n) is 2.61. The Morgan fingerprint density at radius 1 is 1.26 bits per heavy atom. The molecule has 19 heavy (non-hydrogen) atoms. The van der Waals surface area contributed by atoms with Gasteiger partial charge in [0.15, 0.2) is 0 Å². The van der Waals surface area contributed by atoms with Crippen molar-refractivity contribution in [2.24, 2.45) is 0 Å². The molecule has 1 N–H and O–H groups in total. The van der Waals surface area contributed by atoms with Crippen molar-refractivity contribution in [1.82, 2.24) is 4.57 Å². The van der Waals surface area contributed by atoms with Crippen molar-refractivity contribution < 1.29 is 18.7 Å². The van der Waals surface area contributed by atoms with Crippen molar-refractivity contribution in [2.45, 2.75) is 6.54 Å². The van der Waals surface area contributed by atoms with Crippen LogP contribution in [-0.2, 0) is 6.54 Å². The maximum atomic E-state index is 13.5. The Morgan fingerprint density at radius 2 is 2.00 bits per heavy atom. The van der Waals surface area contributed by atoms with Crippen LogP contribution in [0.25, 0.3) is 0 Å². The molecule has 0 unspecified atom stereocenters. The third kappa shape index (κ3) is 2.67. The number of aromatic carboxylic acids is 1. The van der Waals surface area contributed by atoms with E-state index in [2.05, 4.69) is 0 Å². The van der Waals surface area contributed by atoms with E-state index >= 15 is 0 Å². The fourth-order valence-corrected chi connectivity index (χ4v) is 1.66. The molecule has 0 bridgehead atoms. The highest BCUT2D eigenvalue weighted by Gasteiger charge is 2.11. The summed E-state index contributed by atoms with van der Waals surface area (Å²) in [5.74, 6) is -2.85. The van der Waals surface area contributed by atoms with Crippen molar-refractivity contribution in [3.8, 4) is 0 Å². The number of nitrogens with zero attached hydrogens (tertiary/aromatic N) is 1. The van der Waals surface area contributed by atoms with Crippen LogP contribution in [0.15, 0.2) is 41.3 Å². The predicted molar refractivity (Wildman–Crippen MR) is 63.1 cm³/mol. The summed E-state index contributed by atoms with van der Waals surface area (Å²) in [6, 6.07) is 5.55. The van der Waals surface area contributed by atoms with Gasteiger partial charge in [0.25, 0.3) is 5.56 Å². The Balaban J connectivity index is 2.42. The third-order valence-corrected chi connectivity index (χ3v) is 2.61. The zero-order chi connectivity index (χ0) is 14.0. The molecule has 0 spiro atoms. The second-order valence-corrected chi connectivity index (χ2v) is 3.90. The lowest BCUT2D eigenvalue weighted by Gasteiger charge is -2.07. The van der Waals surface area contributed by atoms with Gasteiger partial charge in [-0.05, 0) is 18.2 Å². The Bertz CT molecular complexity index is 695. The second-order valence-electron chi connectivity index (χ2n) is 3.90. The first-order chi connectivity index (χ1) is 8.99. The molecule has 2 rings (SSSR count). The first-order valence-corrected chi connectivity index (χ1v) is 5.35. The van der Waals surface area contributed by atoms with E-state index in [0.29, 0.717) is 6.07 Å². The summed E-state index contributed by atoms with van der Waals surface area (Å²) in [6.45, 7) is -0.161. The zero-order valence-corrected chi connectivity index (χ0v) is 9.64. The molecule has 0 aliphatic heterocycles. The molecule has 0 amide bonds. The molecule has 98 valence electrons. The van der Waals surface area contributed by atoms with Crippen LogP contribution in [0.4, 0.5) is 8.78 Å². The number of carboxylic acids is 1. The summed E-state index contributed by atoms with van der Waals surface area (Å²) >= 11 is 0. The van der Waals surface area contributed by atoms with Gasteiger partial charge in [-0.3, -0.25) is 4.79 Å². The smallest absolute Gasteiger partial charge is 0.341 e. The van der Waals surface area contributed by atoms with Crippen LogP contribution >= 0.6 is 0 Å². The standard InChI is InChI=1S/C13H9F2NO3/c14-9-4-3-8(11(15)6-9)7-16-5-1-2-10(12(16)17)13(18)19/h1-6H,7H2,(H,18,19). The quantitative estimate of drug-likeness (QED) is 0.921. The van der Waals surface area contributed by atoms with Gasteiger partial charge in [0.2, 0.25) is 0 Å². The van der Waals surface area contributed by atoms with Gasteiger partial charge in [0, 0.05) is 17.8 Å². The van der Waals surface area contributed by atoms with Crippen LogP contribution < -0.4 is 5.56 Å². The lowest BCUT2D eigenvalue weighted by atomic mass is 10.2. The number of carboxylic acid groups (broad SMARTS) is 1. The number of benzene rings is 1. The van der Waals surface area contributed by atoms with Crippen LogP contribution in [0.2, 0.25) is 0 Å². The molecule has 0 radical (unpaired) electrons. The number of rotatable bonds is 3. The van der Waals surface area contributed by atoms with E-state index in [1.54, 1.807) is 0 Å². The minimum Gasteiger partial charge on any atom is -0.477 e. The van der Waals surface area contributed by atoms with Crippen LogP contribution in [0.5, 0.6) is 0 Å². The van der Waals surface area contributed by atoms with Crippen molar-refractivity contribution >= 4 is 5.97 Å². The number of carbonyl (C=O) groups is 1. The Kier molecular flexibility index (Phi) is 3.41. The number of halogens is 2. The molecule has 6 heteroatoms. The van der Waals surface area contributed by atoms with E-state index in [1.165, 1.54) is 24.4 Å². The summed E-state index contributed by atoms with van der Waals surface area (Å²) in [6.07, 6.45) is 1.34. The molecule has 2 aromatic rings. The Labute approximate surface area is 106 Å². The number of aromatic nitrogens is 1. The highest BCUT2D eigenvalue weighted by Crippen LogP contribution is 2.10. The lowest BCUT2D eigenvalue weighted by molar-refractivity contribution is 0.0694. The van der Waals surface area contributed by atoms with Crippen LogP contribution in [0.3, 0.4) is 0 Å². The number of hydrogen-bond acceptors (Lipinski definition) is 2. The number of pyridine rings is 1. The van der Waals surface area contributed by atoms with Crippen LogP contribution in [0.1, 0.15) is 15.9 Å². The van der Waals surface area contributed by atoms with E-state index < -0.39 is 28.7 Å². The maximum Gasteiger partial charge on any atom is 0.341 e. The molecule has 0 saturated heterocycles. The lowest BCUT2D eigenvalue weighted by Crippen LogP contribution is -2.26. The molecular formula is C13H9F2NO3. The molecular weight excluding hydrogens is 256 g/mol.